The van der Waals surface area contributed by atoms with Gasteiger partial charge in [0, 0.05) is 25.5 Å². The standard InChI is InChI=1S/C17H21N3O3S2/c1-6-8-20-15(22)12-9-11(7-2)24-14(12)18-17(20)25-13(10(3)21)16(23)19(4)5/h6,9,13H,1,7-8H2,2-5H3. The molecule has 2 aromatic rings. The molecule has 2 aromatic heterocycles. The van der Waals surface area contributed by atoms with E-state index in [4.69, 9.17) is 0 Å². The zero-order chi connectivity index (χ0) is 18.7. The van der Waals surface area contributed by atoms with Crippen molar-refractivity contribution in [2.45, 2.75) is 37.2 Å². The number of fused-ring (bicyclic) bond motifs is 1. The number of nitrogens with zero attached hydrogens (tertiary/aromatic N) is 3. The highest BCUT2D eigenvalue weighted by atomic mass is 32.2. The number of aryl methyl sites for hydroxylation is 1. The quantitative estimate of drug-likeness (QED) is 0.320. The maximum absolute atomic E-state index is 12.8. The van der Waals surface area contributed by atoms with Crippen molar-refractivity contribution in [3.8, 4) is 0 Å². The van der Waals surface area contributed by atoms with E-state index in [-0.39, 0.29) is 23.8 Å². The van der Waals surface area contributed by atoms with E-state index in [0.717, 1.165) is 23.1 Å². The molecule has 25 heavy (non-hydrogen) atoms. The summed E-state index contributed by atoms with van der Waals surface area (Å²) in [5.41, 5.74) is -0.178. The highest BCUT2D eigenvalue weighted by molar-refractivity contribution is 8.01. The van der Waals surface area contributed by atoms with Gasteiger partial charge in [-0.1, -0.05) is 24.8 Å². The van der Waals surface area contributed by atoms with E-state index in [1.54, 1.807) is 20.2 Å². The van der Waals surface area contributed by atoms with Gasteiger partial charge in [0.25, 0.3) is 5.56 Å². The molecule has 2 rings (SSSR count). The molecule has 1 amide bonds. The first-order valence-electron chi connectivity index (χ1n) is 7.82. The van der Waals surface area contributed by atoms with Gasteiger partial charge < -0.3 is 4.90 Å². The number of ketones is 1. The van der Waals surface area contributed by atoms with E-state index in [2.05, 4.69) is 11.6 Å². The molecule has 0 fully saturated rings. The van der Waals surface area contributed by atoms with Crippen LogP contribution in [-0.4, -0.2) is 45.5 Å². The lowest BCUT2D eigenvalue weighted by Crippen LogP contribution is -2.36. The topological polar surface area (TPSA) is 72.3 Å². The van der Waals surface area contributed by atoms with Crippen LogP contribution in [-0.2, 0) is 22.6 Å². The van der Waals surface area contributed by atoms with Crippen molar-refractivity contribution in [1.29, 1.82) is 0 Å². The summed E-state index contributed by atoms with van der Waals surface area (Å²) in [6, 6.07) is 1.86. The number of carbonyl (C=O) groups is 2. The van der Waals surface area contributed by atoms with E-state index >= 15 is 0 Å². The van der Waals surface area contributed by atoms with Crippen LogP contribution >= 0.6 is 23.1 Å². The summed E-state index contributed by atoms with van der Waals surface area (Å²) in [7, 11) is 3.19. The second-order valence-corrected chi connectivity index (χ2v) is 7.91. The number of aromatic nitrogens is 2. The lowest BCUT2D eigenvalue weighted by atomic mass is 10.3. The fourth-order valence-corrected chi connectivity index (χ4v) is 4.38. The van der Waals surface area contributed by atoms with Crippen molar-refractivity contribution in [2.75, 3.05) is 14.1 Å². The molecule has 0 aliphatic rings. The van der Waals surface area contributed by atoms with Crippen LogP contribution in [0.25, 0.3) is 10.2 Å². The van der Waals surface area contributed by atoms with Gasteiger partial charge in [-0.15, -0.1) is 17.9 Å². The van der Waals surface area contributed by atoms with Gasteiger partial charge in [0.2, 0.25) is 5.91 Å². The van der Waals surface area contributed by atoms with Crippen molar-refractivity contribution in [1.82, 2.24) is 14.5 Å². The molecule has 0 aliphatic carbocycles. The lowest BCUT2D eigenvalue weighted by molar-refractivity contribution is -0.132. The van der Waals surface area contributed by atoms with Gasteiger partial charge >= 0.3 is 0 Å². The summed E-state index contributed by atoms with van der Waals surface area (Å²) in [6.45, 7) is 7.33. The zero-order valence-corrected chi connectivity index (χ0v) is 16.4. The third-order valence-corrected chi connectivity index (χ3v) is 6.05. The Morgan fingerprint density at radius 1 is 1.48 bits per heavy atom. The minimum absolute atomic E-state index is 0.178. The third-order valence-electron chi connectivity index (χ3n) is 3.58. The fourth-order valence-electron chi connectivity index (χ4n) is 2.25. The Morgan fingerprint density at radius 3 is 2.68 bits per heavy atom. The summed E-state index contributed by atoms with van der Waals surface area (Å²) in [4.78, 5) is 44.7. The molecule has 1 unspecified atom stereocenters. The first-order chi connectivity index (χ1) is 11.8. The minimum atomic E-state index is -0.930. The van der Waals surface area contributed by atoms with Crippen LogP contribution in [0.5, 0.6) is 0 Å². The molecule has 8 heteroatoms. The molecule has 0 aliphatic heterocycles. The summed E-state index contributed by atoms with van der Waals surface area (Å²) in [6.07, 6.45) is 2.42. The van der Waals surface area contributed by atoms with Crippen molar-refractivity contribution < 1.29 is 9.59 Å². The summed E-state index contributed by atoms with van der Waals surface area (Å²) in [5.74, 6) is -0.596. The lowest BCUT2D eigenvalue weighted by Gasteiger charge is -2.19. The number of carbonyl (C=O) groups excluding carboxylic acids is 2. The van der Waals surface area contributed by atoms with E-state index in [0.29, 0.717) is 15.4 Å². The normalized spacial score (nSPS) is 12.2. The molecule has 0 spiro atoms. The van der Waals surface area contributed by atoms with Crippen molar-refractivity contribution in [3.05, 3.63) is 34.0 Å². The largest absolute Gasteiger partial charge is 0.347 e. The van der Waals surface area contributed by atoms with E-state index in [1.807, 2.05) is 13.0 Å². The monoisotopic (exact) mass is 379 g/mol. The number of hydrogen-bond donors (Lipinski definition) is 0. The Hall–Kier alpha value is -1.93. The van der Waals surface area contributed by atoms with Crippen LogP contribution in [0.3, 0.4) is 0 Å². The first-order valence-corrected chi connectivity index (χ1v) is 9.52. The average Bonchev–Trinajstić information content (AvgIpc) is 2.98. The molecule has 1 atom stereocenters. The molecule has 0 N–H and O–H groups in total. The van der Waals surface area contributed by atoms with Gasteiger partial charge in [0.15, 0.2) is 10.9 Å². The predicted octanol–water partition coefficient (Wildman–Crippen LogP) is 2.34. The van der Waals surface area contributed by atoms with E-state index in [9.17, 15) is 14.4 Å². The Bertz CT molecular complexity index is 883. The van der Waals surface area contributed by atoms with Gasteiger partial charge in [0.1, 0.15) is 10.1 Å². The Balaban J connectivity index is 2.59. The van der Waals surface area contributed by atoms with Crippen molar-refractivity contribution >= 4 is 45.0 Å². The zero-order valence-electron chi connectivity index (χ0n) is 14.7. The maximum atomic E-state index is 12.8. The summed E-state index contributed by atoms with van der Waals surface area (Å²) >= 11 is 2.47. The molecule has 134 valence electrons. The van der Waals surface area contributed by atoms with Crippen LogP contribution in [0, 0.1) is 0 Å². The number of thiophene rings is 1. The van der Waals surface area contributed by atoms with Gasteiger partial charge in [0.05, 0.1) is 5.39 Å². The third kappa shape index (κ3) is 4.01. The van der Waals surface area contributed by atoms with Gasteiger partial charge in [-0.25, -0.2) is 4.98 Å². The molecule has 2 heterocycles. The smallest absolute Gasteiger partial charge is 0.263 e. The van der Waals surface area contributed by atoms with Crippen LogP contribution < -0.4 is 5.56 Å². The molecule has 0 radical (unpaired) electrons. The van der Waals surface area contributed by atoms with E-state index in [1.165, 1.54) is 27.7 Å². The summed E-state index contributed by atoms with van der Waals surface area (Å²) < 4.78 is 1.46. The SMILES string of the molecule is C=CCn1c(SC(C(C)=O)C(=O)N(C)C)nc2sc(CC)cc2c1=O. The number of hydrogen-bond acceptors (Lipinski definition) is 6. The molecular formula is C17H21N3O3S2. The number of allylic oxidation sites excluding steroid dienone is 1. The molecule has 6 nitrogen and oxygen atoms in total. The van der Waals surface area contributed by atoms with Gasteiger partial charge in [-0.3, -0.25) is 19.0 Å². The molecule has 0 saturated heterocycles. The maximum Gasteiger partial charge on any atom is 0.263 e. The highest BCUT2D eigenvalue weighted by Crippen LogP contribution is 2.28. The number of rotatable bonds is 7. The van der Waals surface area contributed by atoms with Gasteiger partial charge in [-0.2, -0.15) is 0 Å². The Kier molecular flexibility index (Phi) is 6.18. The molecule has 0 aromatic carbocycles. The Morgan fingerprint density at radius 2 is 2.16 bits per heavy atom. The van der Waals surface area contributed by atoms with Crippen LogP contribution in [0.15, 0.2) is 28.7 Å². The summed E-state index contributed by atoms with van der Waals surface area (Å²) in [5, 5.41) is -0.00955. The first kappa shape index (κ1) is 19.4. The fraction of sp³-hybridized carbons (Fsp3) is 0.412. The Labute approximate surface area is 154 Å². The van der Waals surface area contributed by atoms with Crippen molar-refractivity contribution in [3.63, 3.8) is 0 Å². The second kappa shape index (κ2) is 7.97. The van der Waals surface area contributed by atoms with Gasteiger partial charge in [-0.05, 0) is 19.4 Å². The van der Waals surface area contributed by atoms with Crippen molar-refractivity contribution in [2.24, 2.45) is 0 Å². The van der Waals surface area contributed by atoms with Crippen LogP contribution in [0.2, 0.25) is 0 Å². The average molecular weight is 380 g/mol. The number of Topliss-reactive ketones (excluding diaryl/α,β-unsaturated/α-hetero) is 1. The number of amides is 1. The predicted molar refractivity (Wildman–Crippen MR) is 102 cm³/mol. The highest BCUT2D eigenvalue weighted by Gasteiger charge is 2.28. The molecule has 0 saturated carbocycles. The van der Waals surface area contributed by atoms with Crippen LogP contribution in [0.4, 0.5) is 0 Å². The van der Waals surface area contributed by atoms with E-state index < -0.39 is 5.25 Å². The second-order valence-electron chi connectivity index (χ2n) is 5.73. The minimum Gasteiger partial charge on any atom is -0.347 e. The molecular weight excluding hydrogens is 358 g/mol. The number of thioether (sulfide) groups is 1. The van der Waals surface area contributed by atoms with Crippen LogP contribution in [0.1, 0.15) is 18.7 Å². The molecule has 0 bridgehead atoms.